The molecule has 0 unspecified atom stereocenters. The van der Waals surface area contributed by atoms with Crippen LogP contribution in [0.1, 0.15) is 30.7 Å². The first-order valence-corrected chi connectivity index (χ1v) is 7.83. The fourth-order valence-electron chi connectivity index (χ4n) is 2.65. The number of rotatable bonds is 4. The molecule has 116 valence electrons. The SMILES string of the molecule is CCOc1ncnc2c1CCN(c1ncc(CC)cn1)CC2. The predicted octanol–water partition coefficient (Wildman–Crippen LogP) is 1.83. The zero-order valence-electron chi connectivity index (χ0n) is 13.1. The van der Waals surface area contributed by atoms with Gasteiger partial charge in [0.15, 0.2) is 0 Å². The van der Waals surface area contributed by atoms with Crippen LogP contribution in [0.25, 0.3) is 0 Å². The first-order chi connectivity index (χ1) is 10.8. The molecule has 0 aliphatic carbocycles. The maximum absolute atomic E-state index is 5.63. The summed E-state index contributed by atoms with van der Waals surface area (Å²) in [5, 5.41) is 0. The summed E-state index contributed by atoms with van der Waals surface area (Å²) in [6.07, 6.45) is 8.07. The van der Waals surface area contributed by atoms with Crippen LogP contribution in [0.15, 0.2) is 18.7 Å². The van der Waals surface area contributed by atoms with Crippen LogP contribution in [0.2, 0.25) is 0 Å². The number of nitrogens with zero attached hydrogens (tertiary/aromatic N) is 5. The maximum Gasteiger partial charge on any atom is 0.225 e. The van der Waals surface area contributed by atoms with Crippen molar-refractivity contribution >= 4 is 5.95 Å². The third kappa shape index (κ3) is 3.00. The van der Waals surface area contributed by atoms with Gasteiger partial charge in [-0.3, -0.25) is 0 Å². The summed E-state index contributed by atoms with van der Waals surface area (Å²) in [5.41, 5.74) is 3.36. The highest BCUT2D eigenvalue weighted by molar-refractivity contribution is 5.37. The molecule has 6 heteroatoms. The molecule has 2 aromatic rings. The monoisotopic (exact) mass is 299 g/mol. The molecule has 0 bridgehead atoms. The van der Waals surface area contributed by atoms with E-state index >= 15 is 0 Å². The van der Waals surface area contributed by atoms with E-state index in [0.29, 0.717) is 6.61 Å². The van der Waals surface area contributed by atoms with Crippen LogP contribution in [-0.4, -0.2) is 39.6 Å². The van der Waals surface area contributed by atoms with Crippen molar-refractivity contribution < 1.29 is 4.74 Å². The Bertz CT molecular complexity index is 629. The minimum atomic E-state index is 0.620. The topological polar surface area (TPSA) is 64.0 Å². The Morgan fingerprint density at radius 3 is 2.55 bits per heavy atom. The van der Waals surface area contributed by atoms with Crippen LogP contribution >= 0.6 is 0 Å². The van der Waals surface area contributed by atoms with Crippen molar-refractivity contribution in [3.05, 3.63) is 35.5 Å². The van der Waals surface area contributed by atoms with Gasteiger partial charge in [0.1, 0.15) is 6.33 Å². The zero-order valence-corrected chi connectivity index (χ0v) is 13.1. The van der Waals surface area contributed by atoms with E-state index in [1.165, 1.54) is 0 Å². The quantitative estimate of drug-likeness (QED) is 0.858. The lowest BCUT2D eigenvalue weighted by atomic mass is 10.1. The molecule has 0 atom stereocenters. The van der Waals surface area contributed by atoms with Gasteiger partial charge in [0.05, 0.1) is 12.3 Å². The second-order valence-electron chi connectivity index (χ2n) is 5.27. The van der Waals surface area contributed by atoms with Gasteiger partial charge >= 0.3 is 0 Å². The van der Waals surface area contributed by atoms with E-state index in [1.807, 2.05) is 19.3 Å². The van der Waals surface area contributed by atoms with Gasteiger partial charge in [-0.15, -0.1) is 0 Å². The molecule has 22 heavy (non-hydrogen) atoms. The molecule has 2 aromatic heterocycles. The molecule has 3 rings (SSSR count). The lowest BCUT2D eigenvalue weighted by Gasteiger charge is -2.19. The van der Waals surface area contributed by atoms with Crippen molar-refractivity contribution in [2.45, 2.75) is 33.1 Å². The number of aromatic nitrogens is 4. The van der Waals surface area contributed by atoms with Gasteiger partial charge in [0, 0.05) is 37.5 Å². The first kappa shape index (κ1) is 14.7. The Balaban J connectivity index is 1.79. The van der Waals surface area contributed by atoms with Crippen molar-refractivity contribution in [3.8, 4) is 5.88 Å². The molecule has 0 N–H and O–H groups in total. The Morgan fingerprint density at radius 2 is 1.82 bits per heavy atom. The van der Waals surface area contributed by atoms with Crippen molar-refractivity contribution in [2.24, 2.45) is 0 Å². The number of anilines is 1. The van der Waals surface area contributed by atoms with Gasteiger partial charge < -0.3 is 9.64 Å². The lowest BCUT2D eigenvalue weighted by molar-refractivity contribution is 0.321. The van der Waals surface area contributed by atoms with E-state index in [1.54, 1.807) is 6.33 Å². The van der Waals surface area contributed by atoms with Gasteiger partial charge in [-0.25, -0.2) is 19.9 Å². The molecule has 0 radical (unpaired) electrons. The van der Waals surface area contributed by atoms with Crippen LogP contribution in [0.5, 0.6) is 5.88 Å². The fraction of sp³-hybridized carbons (Fsp3) is 0.500. The summed E-state index contributed by atoms with van der Waals surface area (Å²) in [5.74, 6) is 1.51. The first-order valence-electron chi connectivity index (χ1n) is 7.83. The summed E-state index contributed by atoms with van der Waals surface area (Å²) in [7, 11) is 0. The Labute approximate surface area is 130 Å². The Morgan fingerprint density at radius 1 is 1.05 bits per heavy atom. The standard InChI is InChI=1S/C16H21N5O/c1-3-12-9-17-16(18-10-12)21-7-5-13-14(6-8-21)19-11-20-15(13)22-4-2/h9-11H,3-8H2,1-2H3. The van der Waals surface area contributed by atoms with Crippen LogP contribution < -0.4 is 9.64 Å². The highest BCUT2D eigenvalue weighted by Crippen LogP contribution is 2.23. The molecule has 0 saturated heterocycles. The molecule has 1 aliphatic rings. The number of fused-ring (bicyclic) bond motifs is 1. The van der Waals surface area contributed by atoms with Crippen molar-refractivity contribution in [1.29, 1.82) is 0 Å². The third-order valence-corrected chi connectivity index (χ3v) is 3.91. The third-order valence-electron chi connectivity index (χ3n) is 3.91. The number of hydrogen-bond acceptors (Lipinski definition) is 6. The van der Waals surface area contributed by atoms with Gasteiger partial charge in [-0.2, -0.15) is 0 Å². The minimum Gasteiger partial charge on any atom is -0.478 e. The van der Waals surface area contributed by atoms with Gasteiger partial charge in [0.25, 0.3) is 0 Å². The number of aryl methyl sites for hydroxylation is 1. The van der Waals surface area contributed by atoms with Crippen LogP contribution in [-0.2, 0) is 19.3 Å². The molecule has 0 spiro atoms. The van der Waals surface area contributed by atoms with Crippen molar-refractivity contribution in [1.82, 2.24) is 19.9 Å². The summed E-state index contributed by atoms with van der Waals surface area (Å²) in [6, 6.07) is 0. The van der Waals surface area contributed by atoms with Crippen molar-refractivity contribution in [3.63, 3.8) is 0 Å². The molecule has 1 aliphatic heterocycles. The lowest BCUT2D eigenvalue weighted by Crippen LogP contribution is -2.27. The summed E-state index contributed by atoms with van der Waals surface area (Å²) < 4.78 is 5.63. The zero-order chi connectivity index (χ0) is 15.4. The fourth-order valence-corrected chi connectivity index (χ4v) is 2.65. The summed E-state index contributed by atoms with van der Waals surface area (Å²) in [6.45, 7) is 6.41. The molecule has 6 nitrogen and oxygen atoms in total. The normalized spacial score (nSPS) is 14.4. The second-order valence-corrected chi connectivity index (χ2v) is 5.27. The summed E-state index contributed by atoms with van der Waals surface area (Å²) >= 11 is 0. The molecule has 0 fully saturated rings. The number of hydrogen-bond donors (Lipinski definition) is 0. The predicted molar refractivity (Wildman–Crippen MR) is 84.2 cm³/mol. The summed E-state index contributed by atoms with van der Waals surface area (Å²) in [4.78, 5) is 19.9. The molecule has 0 saturated carbocycles. The largest absolute Gasteiger partial charge is 0.478 e. The molecule has 0 aromatic carbocycles. The smallest absolute Gasteiger partial charge is 0.225 e. The van der Waals surface area contributed by atoms with Crippen molar-refractivity contribution in [2.75, 3.05) is 24.6 Å². The molecular weight excluding hydrogens is 278 g/mol. The Hall–Kier alpha value is -2.24. The van der Waals surface area contributed by atoms with Crippen LogP contribution in [0, 0.1) is 0 Å². The minimum absolute atomic E-state index is 0.620. The average molecular weight is 299 g/mol. The average Bonchev–Trinajstić information content (AvgIpc) is 2.79. The number of ether oxygens (including phenoxy) is 1. The molecule has 0 amide bonds. The molecular formula is C16H21N5O. The molecule has 3 heterocycles. The van der Waals surface area contributed by atoms with Gasteiger partial charge in [-0.1, -0.05) is 6.92 Å². The van der Waals surface area contributed by atoms with E-state index in [2.05, 4.69) is 31.8 Å². The van der Waals surface area contributed by atoms with Crippen LogP contribution in [0.4, 0.5) is 5.95 Å². The second kappa shape index (κ2) is 6.68. The van der Waals surface area contributed by atoms with E-state index < -0.39 is 0 Å². The van der Waals surface area contributed by atoms with Gasteiger partial charge in [0.2, 0.25) is 11.8 Å². The highest BCUT2D eigenvalue weighted by atomic mass is 16.5. The van der Waals surface area contributed by atoms with E-state index in [4.69, 9.17) is 4.74 Å². The van der Waals surface area contributed by atoms with Gasteiger partial charge in [-0.05, 0) is 25.3 Å². The van der Waals surface area contributed by atoms with E-state index in [9.17, 15) is 0 Å². The van der Waals surface area contributed by atoms with E-state index in [-0.39, 0.29) is 0 Å². The Kier molecular flexibility index (Phi) is 4.46. The highest BCUT2D eigenvalue weighted by Gasteiger charge is 2.20. The van der Waals surface area contributed by atoms with E-state index in [0.717, 1.165) is 61.0 Å². The van der Waals surface area contributed by atoms with Crippen LogP contribution in [0.3, 0.4) is 0 Å². The maximum atomic E-state index is 5.63.